The Morgan fingerprint density at radius 3 is 2.84 bits per heavy atom. The molecule has 1 heterocycles. The van der Waals surface area contributed by atoms with E-state index in [2.05, 4.69) is 37.9 Å². The summed E-state index contributed by atoms with van der Waals surface area (Å²) in [4.78, 5) is 8.72. The van der Waals surface area contributed by atoms with Gasteiger partial charge in [-0.1, -0.05) is 0 Å². The third-order valence-electron chi connectivity index (χ3n) is 2.53. The fourth-order valence-corrected chi connectivity index (χ4v) is 2.08. The minimum Gasteiger partial charge on any atom is -0.504 e. The molecule has 6 heteroatoms. The Kier molecular flexibility index (Phi) is 4.41. The second-order valence-corrected chi connectivity index (χ2v) is 4.97. The highest BCUT2D eigenvalue weighted by Crippen LogP contribution is 2.30. The molecule has 0 amide bonds. The van der Waals surface area contributed by atoms with Crippen LogP contribution in [0.3, 0.4) is 0 Å². The lowest BCUT2D eigenvalue weighted by Crippen LogP contribution is -2.03. The van der Waals surface area contributed by atoms with Crippen molar-refractivity contribution in [2.75, 3.05) is 19.0 Å². The molecule has 2 N–H and O–H groups in total. The van der Waals surface area contributed by atoms with Gasteiger partial charge >= 0.3 is 0 Å². The number of benzene rings is 1. The largest absolute Gasteiger partial charge is 0.504 e. The summed E-state index contributed by atoms with van der Waals surface area (Å²) >= 11 is 2.18. The van der Waals surface area contributed by atoms with Crippen molar-refractivity contribution in [1.29, 1.82) is 0 Å². The van der Waals surface area contributed by atoms with Crippen molar-refractivity contribution in [2.24, 2.45) is 0 Å². The van der Waals surface area contributed by atoms with Gasteiger partial charge in [0.1, 0.15) is 5.82 Å². The van der Waals surface area contributed by atoms with Crippen LogP contribution in [0.1, 0.15) is 6.92 Å². The van der Waals surface area contributed by atoms with E-state index in [0.29, 0.717) is 11.6 Å². The van der Waals surface area contributed by atoms with Gasteiger partial charge in [-0.3, -0.25) is 0 Å². The van der Waals surface area contributed by atoms with E-state index in [1.54, 1.807) is 18.3 Å². The number of anilines is 1. The van der Waals surface area contributed by atoms with Gasteiger partial charge in [-0.05, 0) is 47.7 Å². The molecule has 0 unspecified atom stereocenters. The van der Waals surface area contributed by atoms with Crippen LogP contribution in [0.4, 0.5) is 5.82 Å². The monoisotopic (exact) mass is 371 g/mol. The minimum atomic E-state index is 0.0761. The highest BCUT2D eigenvalue weighted by molar-refractivity contribution is 14.1. The van der Waals surface area contributed by atoms with E-state index in [0.717, 1.165) is 21.5 Å². The summed E-state index contributed by atoms with van der Waals surface area (Å²) in [5, 5.41) is 13.0. The van der Waals surface area contributed by atoms with Gasteiger partial charge in [-0.15, -0.1) is 0 Å². The van der Waals surface area contributed by atoms with Crippen LogP contribution < -0.4 is 10.1 Å². The number of hydrogen-bond acceptors (Lipinski definition) is 5. The first-order valence-electron chi connectivity index (χ1n) is 5.79. The molecule has 0 saturated carbocycles. The molecule has 1 aromatic carbocycles. The first-order valence-corrected chi connectivity index (χ1v) is 6.87. The van der Waals surface area contributed by atoms with Gasteiger partial charge in [-0.25, -0.2) is 9.97 Å². The number of methoxy groups -OCH3 is 1. The van der Waals surface area contributed by atoms with E-state index in [4.69, 9.17) is 4.74 Å². The summed E-state index contributed by atoms with van der Waals surface area (Å²) in [6.45, 7) is 2.80. The first kappa shape index (κ1) is 13.9. The van der Waals surface area contributed by atoms with Gasteiger partial charge in [0.15, 0.2) is 17.3 Å². The lowest BCUT2D eigenvalue weighted by atomic mass is 10.2. The fraction of sp³-hybridized carbons (Fsp3) is 0.231. The van der Waals surface area contributed by atoms with Crippen molar-refractivity contribution in [3.05, 3.63) is 28.0 Å². The molecule has 0 bridgehead atoms. The van der Waals surface area contributed by atoms with Gasteiger partial charge in [-0.2, -0.15) is 0 Å². The Hall–Kier alpha value is -1.57. The average molecular weight is 371 g/mol. The Morgan fingerprint density at radius 1 is 1.42 bits per heavy atom. The van der Waals surface area contributed by atoms with Crippen LogP contribution in [0.25, 0.3) is 11.4 Å². The molecule has 0 radical (unpaired) electrons. The van der Waals surface area contributed by atoms with Gasteiger partial charge in [0.25, 0.3) is 0 Å². The molecular formula is C13H14IN3O2. The lowest BCUT2D eigenvalue weighted by molar-refractivity contribution is 0.373. The number of nitrogens with one attached hydrogen (secondary N) is 1. The van der Waals surface area contributed by atoms with E-state index in [9.17, 15) is 5.11 Å². The number of rotatable bonds is 4. The normalized spacial score (nSPS) is 10.3. The van der Waals surface area contributed by atoms with Crippen LogP contribution in [0.5, 0.6) is 11.5 Å². The van der Waals surface area contributed by atoms with Crippen LogP contribution in [0, 0.1) is 3.57 Å². The van der Waals surface area contributed by atoms with E-state index in [1.165, 1.54) is 7.11 Å². The van der Waals surface area contributed by atoms with Crippen LogP contribution in [0.15, 0.2) is 24.4 Å². The molecule has 0 saturated heterocycles. The zero-order chi connectivity index (χ0) is 13.8. The molecule has 2 aromatic rings. The van der Waals surface area contributed by atoms with Crippen LogP contribution in [-0.2, 0) is 0 Å². The van der Waals surface area contributed by atoms with Crippen molar-refractivity contribution in [3.63, 3.8) is 0 Å². The van der Waals surface area contributed by atoms with E-state index in [-0.39, 0.29) is 5.75 Å². The van der Waals surface area contributed by atoms with Gasteiger partial charge in [0, 0.05) is 18.3 Å². The molecule has 2 rings (SSSR count). The molecule has 5 nitrogen and oxygen atoms in total. The molecule has 0 fully saturated rings. The summed E-state index contributed by atoms with van der Waals surface area (Å²) in [6, 6.07) is 5.10. The smallest absolute Gasteiger partial charge is 0.161 e. The van der Waals surface area contributed by atoms with Gasteiger partial charge in [0.2, 0.25) is 0 Å². The molecule has 0 aliphatic rings. The maximum absolute atomic E-state index is 9.78. The second-order valence-electron chi connectivity index (χ2n) is 3.81. The molecule has 0 aliphatic heterocycles. The molecule has 0 atom stereocenters. The number of hydrogen-bond donors (Lipinski definition) is 2. The highest BCUT2D eigenvalue weighted by Gasteiger charge is 2.09. The molecule has 1 aromatic heterocycles. The van der Waals surface area contributed by atoms with Gasteiger partial charge < -0.3 is 15.2 Å². The summed E-state index contributed by atoms with van der Waals surface area (Å²) in [5.74, 6) is 1.87. The van der Waals surface area contributed by atoms with Crippen molar-refractivity contribution < 1.29 is 9.84 Å². The molecular weight excluding hydrogens is 357 g/mol. The maximum Gasteiger partial charge on any atom is 0.161 e. The second kappa shape index (κ2) is 6.05. The summed E-state index contributed by atoms with van der Waals surface area (Å²) in [5.41, 5.74) is 0.744. The summed E-state index contributed by atoms with van der Waals surface area (Å²) in [6.07, 6.45) is 1.75. The standard InChI is InChI=1S/C13H14IN3O2/c1-3-15-13-9(14)7-16-12(17-13)8-4-5-11(19-2)10(18)6-8/h4-7,18H,3H2,1-2H3,(H,15,16,17). The molecule has 0 aliphatic carbocycles. The quantitative estimate of drug-likeness (QED) is 0.810. The predicted molar refractivity (Wildman–Crippen MR) is 82.6 cm³/mol. The van der Waals surface area contributed by atoms with Crippen molar-refractivity contribution in [2.45, 2.75) is 6.92 Å². The number of nitrogens with zero attached hydrogens (tertiary/aromatic N) is 2. The third kappa shape index (κ3) is 3.06. The number of ether oxygens (including phenoxy) is 1. The van der Waals surface area contributed by atoms with Gasteiger partial charge in [0.05, 0.1) is 10.7 Å². The van der Waals surface area contributed by atoms with Crippen LogP contribution in [-0.4, -0.2) is 28.7 Å². The first-order chi connectivity index (χ1) is 9.15. The number of halogens is 1. The topological polar surface area (TPSA) is 67.3 Å². The summed E-state index contributed by atoms with van der Waals surface area (Å²) < 4.78 is 5.97. The van der Waals surface area contributed by atoms with E-state index in [1.807, 2.05) is 13.0 Å². The highest BCUT2D eigenvalue weighted by atomic mass is 127. The Bertz CT molecular complexity index is 590. The summed E-state index contributed by atoms with van der Waals surface area (Å²) in [7, 11) is 1.51. The zero-order valence-corrected chi connectivity index (χ0v) is 12.8. The SMILES string of the molecule is CCNc1nc(-c2ccc(OC)c(O)c2)ncc1I. The Balaban J connectivity index is 2.41. The number of phenols is 1. The van der Waals surface area contributed by atoms with Crippen molar-refractivity contribution in [3.8, 4) is 22.9 Å². The van der Waals surface area contributed by atoms with E-state index >= 15 is 0 Å². The van der Waals surface area contributed by atoms with Crippen molar-refractivity contribution >= 4 is 28.4 Å². The van der Waals surface area contributed by atoms with Crippen LogP contribution in [0.2, 0.25) is 0 Å². The van der Waals surface area contributed by atoms with Crippen LogP contribution >= 0.6 is 22.6 Å². The molecule has 19 heavy (non-hydrogen) atoms. The zero-order valence-electron chi connectivity index (χ0n) is 10.6. The maximum atomic E-state index is 9.78. The fourth-order valence-electron chi connectivity index (χ4n) is 1.63. The lowest BCUT2D eigenvalue weighted by Gasteiger charge is -2.08. The Morgan fingerprint density at radius 2 is 2.21 bits per heavy atom. The van der Waals surface area contributed by atoms with E-state index < -0.39 is 0 Å². The molecule has 0 spiro atoms. The average Bonchev–Trinajstić information content (AvgIpc) is 2.41. The Labute approximate surface area is 125 Å². The minimum absolute atomic E-state index is 0.0761. The predicted octanol–water partition coefficient (Wildman–Crippen LogP) is 2.89. The number of aromatic hydroxyl groups is 1. The van der Waals surface area contributed by atoms with Crippen molar-refractivity contribution in [1.82, 2.24) is 9.97 Å². The third-order valence-corrected chi connectivity index (χ3v) is 3.31. The number of aromatic nitrogens is 2. The molecule has 100 valence electrons. The number of phenolic OH excluding ortho intramolecular Hbond substituents is 1.